The molecule has 2 fully saturated rings. The number of imide groups is 1. The second kappa shape index (κ2) is 3.95. The zero-order valence-electron chi connectivity index (χ0n) is 9.53. The average molecular weight is 209 g/mol. The van der Waals surface area contributed by atoms with Crippen molar-refractivity contribution in [3.63, 3.8) is 0 Å². The molecule has 0 N–H and O–H groups in total. The van der Waals surface area contributed by atoms with Crippen LogP contribution in [0.1, 0.15) is 46.0 Å². The second-order valence-corrected chi connectivity index (χ2v) is 4.80. The molecule has 0 spiro atoms. The molecular weight excluding hydrogens is 190 g/mol. The summed E-state index contributed by atoms with van der Waals surface area (Å²) in [5.74, 6) is 0.221. The maximum atomic E-state index is 12.1. The summed E-state index contributed by atoms with van der Waals surface area (Å²) in [6.45, 7) is 3.99. The molecule has 1 saturated heterocycles. The van der Waals surface area contributed by atoms with Crippen LogP contribution in [0.4, 0.5) is 0 Å². The number of amides is 2. The van der Waals surface area contributed by atoms with Gasteiger partial charge in [0.05, 0.1) is 11.8 Å². The third-order valence-corrected chi connectivity index (χ3v) is 3.91. The van der Waals surface area contributed by atoms with Gasteiger partial charge in [-0.3, -0.25) is 14.5 Å². The molecule has 3 atom stereocenters. The minimum atomic E-state index is 0.0141. The Balaban J connectivity index is 2.21. The third-order valence-electron chi connectivity index (χ3n) is 3.91. The van der Waals surface area contributed by atoms with Gasteiger partial charge in [0.15, 0.2) is 0 Å². The summed E-state index contributed by atoms with van der Waals surface area (Å²) < 4.78 is 0. The van der Waals surface area contributed by atoms with Crippen LogP contribution in [0, 0.1) is 11.8 Å². The SMILES string of the molecule is CCC(C)N1C(=O)C2CCCCC2C1=O. The molecule has 15 heavy (non-hydrogen) atoms. The van der Waals surface area contributed by atoms with Crippen molar-refractivity contribution in [2.75, 3.05) is 0 Å². The van der Waals surface area contributed by atoms with E-state index >= 15 is 0 Å². The van der Waals surface area contributed by atoms with Gasteiger partial charge in [0.25, 0.3) is 0 Å². The Hall–Kier alpha value is -0.860. The molecule has 1 aliphatic carbocycles. The molecule has 1 aliphatic heterocycles. The molecular formula is C12H19NO2. The van der Waals surface area contributed by atoms with Crippen molar-refractivity contribution in [1.29, 1.82) is 0 Å². The van der Waals surface area contributed by atoms with Crippen LogP contribution >= 0.6 is 0 Å². The average Bonchev–Trinajstić information content (AvgIpc) is 2.52. The first kappa shape index (κ1) is 10.7. The number of hydrogen-bond acceptors (Lipinski definition) is 2. The first-order valence-corrected chi connectivity index (χ1v) is 6.03. The number of carbonyl (C=O) groups excluding carboxylic acids is 2. The Labute approximate surface area is 90.8 Å². The van der Waals surface area contributed by atoms with E-state index in [9.17, 15) is 9.59 Å². The van der Waals surface area contributed by atoms with E-state index in [0.717, 1.165) is 32.1 Å². The number of likely N-dealkylation sites (tertiary alicyclic amines) is 1. The lowest BCUT2D eigenvalue weighted by Gasteiger charge is -2.21. The lowest BCUT2D eigenvalue weighted by Crippen LogP contribution is -2.38. The standard InChI is InChI=1S/C12H19NO2/c1-3-8(2)13-11(14)9-6-4-5-7-10(9)12(13)15/h8-10H,3-7H2,1-2H3. The molecule has 0 bridgehead atoms. The van der Waals surface area contributed by atoms with Crippen LogP contribution in [0.15, 0.2) is 0 Å². The van der Waals surface area contributed by atoms with Crippen LogP contribution in [0.3, 0.4) is 0 Å². The van der Waals surface area contributed by atoms with Gasteiger partial charge in [-0.1, -0.05) is 19.8 Å². The maximum absolute atomic E-state index is 12.1. The number of rotatable bonds is 2. The summed E-state index contributed by atoms with van der Waals surface area (Å²) >= 11 is 0. The Morgan fingerprint density at radius 1 is 1.20 bits per heavy atom. The van der Waals surface area contributed by atoms with Crippen molar-refractivity contribution in [2.24, 2.45) is 11.8 Å². The van der Waals surface area contributed by atoms with Gasteiger partial charge in [-0.05, 0) is 26.2 Å². The lowest BCUT2D eigenvalue weighted by molar-refractivity contribution is -0.142. The molecule has 3 unspecified atom stereocenters. The molecule has 0 aromatic carbocycles. The number of fused-ring (bicyclic) bond motifs is 1. The van der Waals surface area contributed by atoms with E-state index in [2.05, 4.69) is 0 Å². The van der Waals surface area contributed by atoms with E-state index in [1.165, 1.54) is 4.90 Å². The van der Waals surface area contributed by atoms with Gasteiger partial charge >= 0.3 is 0 Å². The van der Waals surface area contributed by atoms with Crippen LogP contribution < -0.4 is 0 Å². The van der Waals surface area contributed by atoms with E-state index in [0.29, 0.717) is 0 Å². The molecule has 84 valence electrons. The normalized spacial score (nSPS) is 33.1. The zero-order chi connectivity index (χ0) is 11.0. The van der Waals surface area contributed by atoms with Crippen molar-refractivity contribution in [3.05, 3.63) is 0 Å². The summed E-state index contributed by atoms with van der Waals surface area (Å²) in [4.78, 5) is 25.6. The van der Waals surface area contributed by atoms with Gasteiger partial charge in [0.1, 0.15) is 0 Å². The smallest absolute Gasteiger partial charge is 0.233 e. The van der Waals surface area contributed by atoms with E-state index in [-0.39, 0.29) is 29.7 Å². The quantitative estimate of drug-likeness (QED) is 0.652. The topological polar surface area (TPSA) is 37.4 Å². The van der Waals surface area contributed by atoms with Crippen molar-refractivity contribution >= 4 is 11.8 Å². The minimum absolute atomic E-state index is 0.0141. The first-order chi connectivity index (χ1) is 7.16. The van der Waals surface area contributed by atoms with Crippen LogP contribution in [-0.4, -0.2) is 22.8 Å². The lowest BCUT2D eigenvalue weighted by atomic mass is 9.81. The highest BCUT2D eigenvalue weighted by molar-refractivity contribution is 6.05. The highest BCUT2D eigenvalue weighted by atomic mass is 16.2. The molecule has 1 heterocycles. The second-order valence-electron chi connectivity index (χ2n) is 4.80. The molecule has 0 aromatic rings. The van der Waals surface area contributed by atoms with Gasteiger partial charge in [0.2, 0.25) is 11.8 Å². The zero-order valence-corrected chi connectivity index (χ0v) is 9.53. The van der Waals surface area contributed by atoms with Crippen LogP contribution in [-0.2, 0) is 9.59 Å². The molecule has 0 radical (unpaired) electrons. The van der Waals surface area contributed by atoms with Gasteiger partial charge in [-0.15, -0.1) is 0 Å². The number of nitrogens with zero attached hydrogens (tertiary/aromatic N) is 1. The molecule has 3 heteroatoms. The van der Waals surface area contributed by atoms with Crippen LogP contribution in [0.5, 0.6) is 0 Å². The van der Waals surface area contributed by atoms with Crippen molar-refractivity contribution in [3.8, 4) is 0 Å². The summed E-state index contributed by atoms with van der Waals surface area (Å²) in [7, 11) is 0. The van der Waals surface area contributed by atoms with E-state index < -0.39 is 0 Å². The minimum Gasteiger partial charge on any atom is -0.279 e. The van der Waals surface area contributed by atoms with Crippen molar-refractivity contribution in [2.45, 2.75) is 52.0 Å². The monoisotopic (exact) mass is 209 g/mol. The highest BCUT2D eigenvalue weighted by Gasteiger charge is 2.49. The van der Waals surface area contributed by atoms with Crippen LogP contribution in [0.2, 0.25) is 0 Å². The summed E-state index contributed by atoms with van der Waals surface area (Å²) in [5.41, 5.74) is 0. The Kier molecular flexibility index (Phi) is 2.81. The highest BCUT2D eigenvalue weighted by Crippen LogP contribution is 2.38. The summed E-state index contributed by atoms with van der Waals surface area (Å²) in [6.07, 6.45) is 4.91. The Morgan fingerprint density at radius 2 is 1.67 bits per heavy atom. The summed E-state index contributed by atoms with van der Waals surface area (Å²) in [6, 6.07) is 0.0793. The number of hydrogen-bond donors (Lipinski definition) is 0. The van der Waals surface area contributed by atoms with Gasteiger partial charge in [0, 0.05) is 6.04 Å². The van der Waals surface area contributed by atoms with E-state index in [1.807, 2.05) is 13.8 Å². The fraction of sp³-hybridized carbons (Fsp3) is 0.833. The van der Waals surface area contributed by atoms with Gasteiger partial charge < -0.3 is 0 Å². The number of carbonyl (C=O) groups is 2. The molecule has 2 amide bonds. The maximum Gasteiger partial charge on any atom is 0.233 e. The molecule has 1 saturated carbocycles. The molecule has 2 aliphatic rings. The van der Waals surface area contributed by atoms with E-state index in [1.54, 1.807) is 0 Å². The fourth-order valence-corrected chi connectivity index (χ4v) is 2.80. The first-order valence-electron chi connectivity index (χ1n) is 6.03. The van der Waals surface area contributed by atoms with Crippen molar-refractivity contribution < 1.29 is 9.59 Å². The Morgan fingerprint density at radius 3 is 2.07 bits per heavy atom. The van der Waals surface area contributed by atoms with Gasteiger partial charge in [-0.25, -0.2) is 0 Å². The van der Waals surface area contributed by atoms with Crippen molar-refractivity contribution in [1.82, 2.24) is 4.90 Å². The van der Waals surface area contributed by atoms with Crippen LogP contribution in [0.25, 0.3) is 0 Å². The Bertz CT molecular complexity index is 263. The molecule has 2 rings (SSSR count). The van der Waals surface area contributed by atoms with Gasteiger partial charge in [-0.2, -0.15) is 0 Å². The predicted molar refractivity (Wildman–Crippen MR) is 57.1 cm³/mol. The van der Waals surface area contributed by atoms with E-state index in [4.69, 9.17) is 0 Å². The molecule has 0 aromatic heterocycles. The predicted octanol–water partition coefficient (Wildman–Crippen LogP) is 1.96. The summed E-state index contributed by atoms with van der Waals surface area (Å²) in [5, 5.41) is 0. The third kappa shape index (κ3) is 1.58. The largest absolute Gasteiger partial charge is 0.279 e. The fourth-order valence-electron chi connectivity index (χ4n) is 2.80. The molecule has 3 nitrogen and oxygen atoms in total.